The number of nitrogens with zero attached hydrogens (tertiary/aromatic N) is 1. The third-order valence-electron chi connectivity index (χ3n) is 6.66. The molecule has 4 heteroatoms. The Hall–Kier alpha value is -3.11. The van der Waals surface area contributed by atoms with Crippen LogP contribution in [0.2, 0.25) is 0 Å². The Morgan fingerprint density at radius 2 is 1.47 bits per heavy atom. The van der Waals surface area contributed by atoms with Crippen molar-refractivity contribution in [1.82, 2.24) is 5.32 Å². The molecule has 0 aliphatic heterocycles. The van der Waals surface area contributed by atoms with E-state index in [1.54, 1.807) is 4.90 Å². The molecule has 0 radical (unpaired) electrons. The van der Waals surface area contributed by atoms with Gasteiger partial charge in [-0.25, -0.2) is 4.79 Å². The molecule has 3 atom stereocenters. The van der Waals surface area contributed by atoms with Crippen molar-refractivity contribution in [3.8, 4) is 11.1 Å². The molecule has 0 fully saturated rings. The van der Waals surface area contributed by atoms with Gasteiger partial charge < -0.3 is 11.1 Å². The molecule has 0 aromatic heterocycles. The van der Waals surface area contributed by atoms with Gasteiger partial charge >= 0.3 is 6.03 Å². The third-order valence-corrected chi connectivity index (χ3v) is 6.66. The minimum absolute atomic E-state index is 0.100. The van der Waals surface area contributed by atoms with Crippen LogP contribution >= 0.6 is 0 Å². The average Bonchev–Trinajstić information content (AvgIpc) is 2.87. The molecule has 34 heavy (non-hydrogen) atoms. The van der Waals surface area contributed by atoms with E-state index in [1.807, 2.05) is 49.4 Å². The molecule has 4 nitrogen and oxygen atoms in total. The van der Waals surface area contributed by atoms with E-state index < -0.39 is 0 Å². The Balaban J connectivity index is 1.81. The maximum Gasteiger partial charge on any atom is 0.322 e. The van der Waals surface area contributed by atoms with Gasteiger partial charge in [-0.3, -0.25) is 4.90 Å². The Morgan fingerprint density at radius 3 is 2.03 bits per heavy atom. The first kappa shape index (κ1) is 25.5. The van der Waals surface area contributed by atoms with E-state index >= 15 is 0 Å². The number of anilines is 1. The van der Waals surface area contributed by atoms with E-state index in [2.05, 4.69) is 62.5 Å². The van der Waals surface area contributed by atoms with Gasteiger partial charge in [-0.1, -0.05) is 100 Å². The van der Waals surface area contributed by atoms with Crippen LogP contribution in [0.4, 0.5) is 10.5 Å². The lowest BCUT2D eigenvalue weighted by molar-refractivity contribution is 0.242. The number of amides is 2. The maximum absolute atomic E-state index is 13.4. The van der Waals surface area contributed by atoms with Crippen molar-refractivity contribution in [1.29, 1.82) is 0 Å². The number of benzene rings is 3. The van der Waals surface area contributed by atoms with Gasteiger partial charge in [0, 0.05) is 18.3 Å². The number of rotatable bonds is 10. The summed E-state index contributed by atoms with van der Waals surface area (Å²) in [4.78, 5) is 15.2. The van der Waals surface area contributed by atoms with Gasteiger partial charge in [0.25, 0.3) is 0 Å². The van der Waals surface area contributed by atoms with Crippen molar-refractivity contribution in [3.63, 3.8) is 0 Å². The van der Waals surface area contributed by atoms with E-state index in [0.29, 0.717) is 12.5 Å². The highest BCUT2D eigenvalue weighted by molar-refractivity contribution is 5.92. The number of hydrogen-bond acceptors (Lipinski definition) is 2. The lowest BCUT2D eigenvalue weighted by Gasteiger charge is -2.30. The zero-order valence-corrected chi connectivity index (χ0v) is 21.0. The summed E-state index contributed by atoms with van der Waals surface area (Å²) in [5.41, 5.74) is 12.1. The fraction of sp³-hybridized carbons (Fsp3) is 0.367. The molecule has 0 saturated heterocycles. The Labute approximate surface area is 205 Å². The quantitative estimate of drug-likeness (QED) is 0.346. The third kappa shape index (κ3) is 6.71. The molecule has 2 amide bonds. The molecule has 0 spiro atoms. The summed E-state index contributed by atoms with van der Waals surface area (Å²) in [5, 5.41) is 3.15. The second-order valence-electron chi connectivity index (χ2n) is 9.24. The number of urea groups is 1. The van der Waals surface area contributed by atoms with Gasteiger partial charge in [-0.05, 0) is 53.6 Å². The highest BCUT2D eigenvalue weighted by Crippen LogP contribution is 2.25. The van der Waals surface area contributed by atoms with Crippen molar-refractivity contribution in [2.45, 2.75) is 59.0 Å². The fourth-order valence-corrected chi connectivity index (χ4v) is 4.07. The number of nitrogens with two attached hydrogens (primary N) is 1. The maximum atomic E-state index is 13.4. The van der Waals surface area contributed by atoms with Crippen LogP contribution < -0.4 is 16.0 Å². The highest BCUT2D eigenvalue weighted by Gasteiger charge is 2.23. The zero-order chi connectivity index (χ0) is 24.5. The van der Waals surface area contributed by atoms with Crippen LogP contribution in [0, 0.1) is 5.92 Å². The number of aryl methyl sites for hydroxylation is 1. The monoisotopic (exact) mass is 457 g/mol. The summed E-state index contributed by atoms with van der Waals surface area (Å²) in [6, 6.07) is 26.6. The lowest BCUT2D eigenvalue weighted by atomic mass is 9.99. The van der Waals surface area contributed by atoms with E-state index in [4.69, 9.17) is 5.73 Å². The summed E-state index contributed by atoms with van der Waals surface area (Å²) in [5.74, 6) is 0.322. The first-order valence-corrected chi connectivity index (χ1v) is 12.5. The van der Waals surface area contributed by atoms with Crippen molar-refractivity contribution in [2.24, 2.45) is 11.7 Å². The Morgan fingerprint density at radius 1 is 0.882 bits per heavy atom. The van der Waals surface area contributed by atoms with E-state index in [0.717, 1.165) is 36.1 Å². The van der Waals surface area contributed by atoms with Crippen LogP contribution in [0.3, 0.4) is 0 Å². The molecule has 3 rings (SSSR count). The van der Waals surface area contributed by atoms with E-state index in [-0.39, 0.29) is 18.1 Å². The fourth-order valence-electron chi connectivity index (χ4n) is 4.07. The normalized spacial score (nSPS) is 13.7. The highest BCUT2D eigenvalue weighted by atomic mass is 16.2. The summed E-state index contributed by atoms with van der Waals surface area (Å²) >= 11 is 0. The Bertz CT molecular complexity index is 1020. The Kier molecular flexibility index (Phi) is 9.29. The van der Waals surface area contributed by atoms with Gasteiger partial charge in [0.05, 0.1) is 6.04 Å². The van der Waals surface area contributed by atoms with Gasteiger partial charge in [0.15, 0.2) is 0 Å². The topological polar surface area (TPSA) is 58.4 Å². The molecule has 0 saturated carbocycles. The molecule has 0 bridgehead atoms. The SMILES string of the molecule is CCCc1ccc(-c2ccc(N(C[C@@H](N)[C@@H](C)CC)C(=O)N[C@H](C)c3ccccc3)cc2)cc1. The molecule has 0 heterocycles. The number of hydrogen-bond donors (Lipinski definition) is 2. The van der Waals surface area contributed by atoms with Crippen LogP contribution in [-0.2, 0) is 6.42 Å². The molecular formula is C30H39N3O. The standard InChI is InChI=1S/C30H39N3O/c1-5-10-24-13-15-26(16-14-24)27-17-19-28(20-18-27)33(21-29(31)22(3)6-2)30(34)32-23(4)25-11-8-7-9-12-25/h7-9,11-20,22-23,29H,5-6,10,21,31H2,1-4H3,(H,32,34)/t22-,23+,29+/m0/s1. The van der Waals surface area contributed by atoms with Crippen LogP contribution in [0.1, 0.15) is 57.7 Å². The molecule has 0 aliphatic rings. The van der Waals surface area contributed by atoms with Crippen molar-refractivity contribution >= 4 is 11.7 Å². The smallest absolute Gasteiger partial charge is 0.322 e. The molecule has 0 aliphatic carbocycles. The summed E-state index contributed by atoms with van der Waals surface area (Å²) in [6.07, 6.45) is 3.22. The number of carbonyl (C=O) groups excluding carboxylic acids is 1. The predicted octanol–water partition coefficient (Wildman–Crippen LogP) is 6.96. The molecule has 3 aromatic rings. The molecular weight excluding hydrogens is 418 g/mol. The largest absolute Gasteiger partial charge is 0.331 e. The van der Waals surface area contributed by atoms with E-state index in [1.165, 1.54) is 11.1 Å². The first-order valence-electron chi connectivity index (χ1n) is 12.5. The van der Waals surface area contributed by atoms with Crippen molar-refractivity contribution in [3.05, 3.63) is 90.0 Å². The zero-order valence-electron chi connectivity index (χ0n) is 21.0. The predicted molar refractivity (Wildman–Crippen MR) is 144 cm³/mol. The van der Waals surface area contributed by atoms with Gasteiger partial charge in [0.2, 0.25) is 0 Å². The van der Waals surface area contributed by atoms with Crippen LogP contribution in [-0.4, -0.2) is 18.6 Å². The average molecular weight is 458 g/mol. The van der Waals surface area contributed by atoms with Gasteiger partial charge in [-0.2, -0.15) is 0 Å². The number of carbonyl (C=O) groups is 1. The van der Waals surface area contributed by atoms with Gasteiger partial charge in [-0.15, -0.1) is 0 Å². The summed E-state index contributed by atoms with van der Waals surface area (Å²) in [7, 11) is 0. The lowest BCUT2D eigenvalue weighted by Crippen LogP contribution is -2.48. The molecule has 3 N–H and O–H groups in total. The summed E-state index contributed by atoms with van der Waals surface area (Å²) in [6.45, 7) is 8.94. The van der Waals surface area contributed by atoms with Crippen molar-refractivity contribution in [2.75, 3.05) is 11.4 Å². The molecule has 3 aromatic carbocycles. The van der Waals surface area contributed by atoms with Crippen LogP contribution in [0.15, 0.2) is 78.9 Å². The van der Waals surface area contributed by atoms with Crippen LogP contribution in [0.25, 0.3) is 11.1 Å². The second-order valence-corrected chi connectivity index (χ2v) is 9.24. The first-order chi connectivity index (χ1) is 16.4. The molecule has 0 unspecified atom stereocenters. The van der Waals surface area contributed by atoms with Gasteiger partial charge in [0.1, 0.15) is 0 Å². The minimum atomic E-state index is -0.133. The second kappa shape index (κ2) is 12.4. The van der Waals surface area contributed by atoms with Crippen LogP contribution in [0.5, 0.6) is 0 Å². The van der Waals surface area contributed by atoms with Crippen molar-refractivity contribution < 1.29 is 4.79 Å². The van der Waals surface area contributed by atoms with E-state index in [9.17, 15) is 4.79 Å². The summed E-state index contributed by atoms with van der Waals surface area (Å²) < 4.78 is 0. The minimum Gasteiger partial charge on any atom is -0.331 e. The molecule has 180 valence electrons. The number of nitrogens with one attached hydrogen (secondary N) is 1.